The highest BCUT2D eigenvalue weighted by molar-refractivity contribution is 6.31. The van der Waals surface area contributed by atoms with Crippen LogP contribution >= 0.6 is 11.6 Å². The molecule has 0 saturated heterocycles. The van der Waals surface area contributed by atoms with Crippen LogP contribution < -0.4 is 9.47 Å². The molecule has 4 rings (SSSR count). The number of nitrogens with zero attached hydrogens (tertiary/aromatic N) is 2. The van der Waals surface area contributed by atoms with Crippen molar-refractivity contribution in [2.24, 2.45) is 0 Å². The Morgan fingerprint density at radius 1 is 1.13 bits per heavy atom. The number of hydrogen-bond donors (Lipinski definition) is 2. The van der Waals surface area contributed by atoms with Gasteiger partial charge in [0, 0.05) is 29.3 Å². The number of ether oxygens (including phenoxy) is 3. The van der Waals surface area contributed by atoms with E-state index in [9.17, 15) is 9.90 Å². The minimum atomic E-state index is -0.454. The third kappa shape index (κ3) is 5.61. The first-order chi connectivity index (χ1) is 18.3. The number of carbonyl (C=O) groups is 1. The number of H-pyrrole nitrogens is 1. The summed E-state index contributed by atoms with van der Waals surface area (Å²) in [5, 5.41) is 18.7. The van der Waals surface area contributed by atoms with Crippen LogP contribution in [0.5, 0.6) is 17.2 Å². The highest BCUT2D eigenvalue weighted by Crippen LogP contribution is 2.46. The second-order valence-electron chi connectivity index (χ2n) is 9.64. The van der Waals surface area contributed by atoms with Crippen molar-refractivity contribution >= 4 is 17.5 Å². The van der Waals surface area contributed by atoms with E-state index in [1.807, 2.05) is 50.8 Å². The Labute approximate surface area is 228 Å². The van der Waals surface area contributed by atoms with Crippen molar-refractivity contribution in [2.75, 3.05) is 26.4 Å². The van der Waals surface area contributed by atoms with Gasteiger partial charge in [-0.1, -0.05) is 24.6 Å². The lowest BCUT2D eigenvalue weighted by molar-refractivity contribution is 0.0601. The van der Waals surface area contributed by atoms with Gasteiger partial charge in [0.25, 0.3) is 5.91 Å². The lowest BCUT2D eigenvalue weighted by Crippen LogP contribution is -2.31. The maximum Gasteiger partial charge on any atom is 0.273 e. The molecule has 2 heterocycles. The van der Waals surface area contributed by atoms with Crippen LogP contribution in [0.15, 0.2) is 30.3 Å². The normalized spacial score (nSPS) is 14.9. The molecule has 1 aliphatic heterocycles. The molecule has 0 radical (unpaired) electrons. The minimum absolute atomic E-state index is 0.0505. The fourth-order valence-electron chi connectivity index (χ4n) is 4.68. The van der Waals surface area contributed by atoms with Crippen molar-refractivity contribution < 1.29 is 24.1 Å². The summed E-state index contributed by atoms with van der Waals surface area (Å²) in [6.45, 7) is 11.8. The number of nitrogens with one attached hydrogen (secondary N) is 1. The van der Waals surface area contributed by atoms with Crippen molar-refractivity contribution in [3.63, 3.8) is 0 Å². The Morgan fingerprint density at radius 3 is 2.63 bits per heavy atom. The SMILES string of the molecule is CCCOc1ccc(C2c3c(-c4cc(Cl)c(C)cc4O)n[nH]c3C(=O)N2CCCOC(C)C)cc1OCC. The summed E-state index contributed by atoms with van der Waals surface area (Å²) in [4.78, 5) is 15.5. The summed E-state index contributed by atoms with van der Waals surface area (Å²) in [5.41, 5.74) is 3.66. The smallest absolute Gasteiger partial charge is 0.273 e. The quantitative estimate of drug-likeness (QED) is 0.261. The molecule has 1 unspecified atom stereocenters. The van der Waals surface area contributed by atoms with Crippen molar-refractivity contribution in [1.82, 2.24) is 15.1 Å². The number of amides is 1. The second-order valence-corrected chi connectivity index (χ2v) is 10.0. The third-order valence-electron chi connectivity index (χ3n) is 6.44. The van der Waals surface area contributed by atoms with Gasteiger partial charge in [0.1, 0.15) is 17.1 Å². The predicted molar refractivity (Wildman–Crippen MR) is 147 cm³/mol. The zero-order valence-corrected chi connectivity index (χ0v) is 23.4. The molecule has 1 atom stereocenters. The van der Waals surface area contributed by atoms with E-state index in [4.69, 9.17) is 25.8 Å². The van der Waals surface area contributed by atoms with E-state index in [1.54, 1.807) is 12.1 Å². The van der Waals surface area contributed by atoms with E-state index in [-0.39, 0.29) is 17.8 Å². The standard InChI is InChI=1S/C29H36ClN3O5/c1-6-12-38-23-10-9-19(15-24(23)36-7-2)28-25-26(20-16-21(30)18(5)14-22(20)34)31-32-27(25)29(35)33(28)11-8-13-37-17(3)4/h9-10,14-17,28,34H,6-8,11-13H2,1-5H3,(H,31,32). The van der Waals surface area contributed by atoms with Crippen LogP contribution in [0.4, 0.5) is 0 Å². The largest absolute Gasteiger partial charge is 0.507 e. The molecule has 2 aromatic carbocycles. The molecule has 38 heavy (non-hydrogen) atoms. The van der Waals surface area contributed by atoms with Gasteiger partial charge in [0.15, 0.2) is 11.5 Å². The number of aromatic nitrogens is 2. The molecule has 9 heteroatoms. The summed E-state index contributed by atoms with van der Waals surface area (Å²) in [7, 11) is 0. The van der Waals surface area contributed by atoms with Crippen LogP contribution in [0.2, 0.25) is 5.02 Å². The van der Waals surface area contributed by atoms with Gasteiger partial charge in [0.2, 0.25) is 0 Å². The minimum Gasteiger partial charge on any atom is -0.507 e. The molecule has 0 fully saturated rings. The maximum absolute atomic E-state index is 13.6. The summed E-state index contributed by atoms with van der Waals surface area (Å²) in [5.74, 6) is 1.17. The number of hydrogen-bond acceptors (Lipinski definition) is 6. The van der Waals surface area contributed by atoms with Crippen molar-refractivity contribution in [1.29, 1.82) is 0 Å². The Balaban J connectivity index is 1.81. The number of aromatic hydroxyl groups is 1. The van der Waals surface area contributed by atoms with Gasteiger partial charge in [-0.2, -0.15) is 5.10 Å². The topological polar surface area (TPSA) is 96.9 Å². The highest BCUT2D eigenvalue weighted by Gasteiger charge is 2.42. The molecule has 0 spiro atoms. The first kappa shape index (κ1) is 27.8. The van der Waals surface area contributed by atoms with Crippen molar-refractivity contribution in [2.45, 2.75) is 59.6 Å². The van der Waals surface area contributed by atoms with E-state index >= 15 is 0 Å². The molecule has 0 bridgehead atoms. The molecular formula is C29H36ClN3O5. The third-order valence-corrected chi connectivity index (χ3v) is 6.84. The summed E-state index contributed by atoms with van der Waals surface area (Å²) in [6.07, 6.45) is 1.66. The average molecular weight is 542 g/mol. The van der Waals surface area contributed by atoms with Gasteiger partial charge in [-0.25, -0.2) is 0 Å². The number of aromatic amines is 1. The highest BCUT2D eigenvalue weighted by atomic mass is 35.5. The number of benzene rings is 2. The van der Waals surface area contributed by atoms with Gasteiger partial charge in [0.05, 0.1) is 25.4 Å². The van der Waals surface area contributed by atoms with Gasteiger partial charge in [-0.3, -0.25) is 9.89 Å². The van der Waals surface area contributed by atoms with Crippen LogP contribution in [-0.2, 0) is 4.74 Å². The number of rotatable bonds is 12. The van der Waals surface area contributed by atoms with Gasteiger partial charge < -0.3 is 24.2 Å². The molecule has 1 amide bonds. The zero-order valence-electron chi connectivity index (χ0n) is 22.6. The van der Waals surface area contributed by atoms with E-state index in [0.717, 1.165) is 17.5 Å². The first-order valence-electron chi connectivity index (χ1n) is 13.2. The Kier molecular flexibility index (Phi) is 8.84. The van der Waals surface area contributed by atoms with Gasteiger partial charge in [-0.15, -0.1) is 0 Å². The van der Waals surface area contributed by atoms with E-state index in [2.05, 4.69) is 17.1 Å². The van der Waals surface area contributed by atoms with Crippen LogP contribution in [0.3, 0.4) is 0 Å². The van der Waals surface area contributed by atoms with Gasteiger partial charge in [-0.05, 0) is 75.9 Å². The van der Waals surface area contributed by atoms with Crippen LogP contribution in [0.1, 0.15) is 73.8 Å². The van der Waals surface area contributed by atoms with Crippen molar-refractivity contribution in [3.8, 4) is 28.5 Å². The number of phenols is 1. The monoisotopic (exact) mass is 541 g/mol. The number of aryl methyl sites for hydroxylation is 1. The Morgan fingerprint density at radius 2 is 1.92 bits per heavy atom. The number of carbonyl (C=O) groups excluding carboxylic acids is 1. The van der Waals surface area contributed by atoms with Gasteiger partial charge >= 0.3 is 0 Å². The Hall–Kier alpha value is -3.23. The molecule has 204 valence electrons. The zero-order chi connectivity index (χ0) is 27.4. The van der Waals surface area contributed by atoms with E-state index < -0.39 is 6.04 Å². The molecule has 0 aliphatic carbocycles. The Bertz CT molecular complexity index is 1290. The number of halogens is 1. The van der Waals surface area contributed by atoms with Crippen LogP contribution in [0, 0.1) is 6.92 Å². The summed E-state index contributed by atoms with van der Waals surface area (Å²) < 4.78 is 17.6. The predicted octanol–water partition coefficient (Wildman–Crippen LogP) is 6.29. The second kappa shape index (κ2) is 12.1. The summed E-state index contributed by atoms with van der Waals surface area (Å²) >= 11 is 6.42. The van der Waals surface area contributed by atoms with Crippen molar-refractivity contribution in [3.05, 3.63) is 57.7 Å². The maximum atomic E-state index is 13.6. The number of fused-ring (bicyclic) bond motifs is 1. The lowest BCUT2D eigenvalue weighted by Gasteiger charge is -2.27. The molecule has 3 aromatic rings. The molecule has 8 nitrogen and oxygen atoms in total. The molecule has 2 N–H and O–H groups in total. The average Bonchev–Trinajstić information content (AvgIpc) is 3.42. The first-order valence-corrected chi connectivity index (χ1v) is 13.5. The molecule has 1 aromatic heterocycles. The summed E-state index contributed by atoms with van der Waals surface area (Å²) in [6, 6.07) is 8.62. The fraction of sp³-hybridized carbons (Fsp3) is 0.448. The lowest BCUT2D eigenvalue weighted by atomic mass is 9.95. The van der Waals surface area contributed by atoms with Crippen LogP contribution in [-0.4, -0.2) is 58.6 Å². The van der Waals surface area contributed by atoms with Crippen LogP contribution in [0.25, 0.3) is 11.3 Å². The molecule has 1 aliphatic rings. The van der Waals surface area contributed by atoms with E-state index in [1.165, 1.54) is 0 Å². The van der Waals surface area contributed by atoms with E-state index in [0.29, 0.717) is 71.8 Å². The fourth-order valence-corrected chi connectivity index (χ4v) is 4.85. The molecular weight excluding hydrogens is 506 g/mol. The molecule has 0 saturated carbocycles. The number of phenolic OH excluding ortho intramolecular Hbond substituents is 1.